The minimum absolute atomic E-state index is 0.0804. The first kappa shape index (κ1) is 9.47. The summed E-state index contributed by atoms with van der Waals surface area (Å²) in [5, 5.41) is 8.67. The Bertz CT molecular complexity index is 354. The Morgan fingerprint density at radius 1 is 1.62 bits per heavy atom. The summed E-state index contributed by atoms with van der Waals surface area (Å²) >= 11 is 0. The molecule has 1 rings (SSSR count). The molecule has 5 heteroatoms. The molecule has 70 valence electrons. The summed E-state index contributed by atoms with van der Waals surface area (Å²) in [5.41, 5.74) is 5.55. The lowest BCUT2D eigenvalue weighted by Gasteiger charge is -1.93. The average molecular weight is 182 g/mol. The Balaban J connectivity index is 3.09. The van der Waals surface area contributed by atoms with Gasteiger partial charge in [0.05, 0.1) is 6.54 Å². The van der Waals surface area contributed by atoms with Crippen LogP contribution in [0, 0.1) is 0 Å². The molecule has 0 unspecified atom stereocenters. The summed E-state index contributed by atoms with van der Waals surface area (Å²) in [5.74, 6) is -1.32. The lowest BCUT2D eigenvalue weighted by atomic mass is 10.2. The van der Waals surface area contributed by atoms with Gasteiger partial charge in [-0.2, -0.15) is 0 Å². The number of aryl methyl sites for hydroxylation is 1. The molecule has 0 spiro atoms. The summed E-state index contributed by atoms with van der Waals surface area (Å²) < 4.78 is 1.38. The van der Waals surface area contributed by atoms with Crippen LogP contribution in [0.2, 0.25) is 0 Å². The molecule has 0 aliphatic heterocycles. The van der Waals surface area contributed by atoms with Crippen molar-refractivity contribution in [1.82, 2.24) is 4.57 Å². The van der Waals surface area contributed by atoms with Crippen molar-refractivity contribution >= 4 is 11.8 Å². The molecule has 5 nitrogen and oxygen atoms in total. The number of aromatic carboxylic acids is 1. The SMILES string of the molecule is Cn1cc(C(=O)CN)cc1C(=O)O. The fraction of sp³-hybridized carbons (Fsp3) is 0.250. The van der Waals surface area contributed by atoms with Crippen LogP contribution in [0.25, 0.3) is 0 Å². The molecular formula is C8H10N2O3. The third-order valence-electron chi connectivity index (χ3n) is 1.73. The van der Waals surface area contributed by atoms with Crippen LogP contribution in [-0.2, 0) is 7.05 Å². The first-order valence-corrected chi connectivity index (χ1v) is 3.69. The zero-order chi connectivity index (χ0) is 10.0. The van der Waals surface area contributed by atoms with E-state index in [2.05, 4.69) is 0 Å². The summed E-state index contributed by atoms with van der Waals surface area (Å²) in [7, 11) is 1.57. The highest BCUT2D eigenvalue weighted by Gasteiger charge is 2.13. The Hall–Kier alpha value is -1.62. The molecule has 1 aromatic heterocycles. The Morgan fingerprint density at radius 2 is 2.23 bits per heavy atom. The molecule has 13 heavy (non-hydrogen) atoms. The van der Waals surface area contributed by atoms with Crippen molar-refractivity contribution in [3.05, 3.63) is 23.5 Å². The maximum Gasteiger partial charge on any atom is 0.352 e. The molecule has 1 heterocycles. The second kappa shape index (κ2) is 3.40. The highest BCUT2D eigenvalue weighted by Crippen LogP contribution is 2.07. The van der Waals surface area contributed by atoms with Crippen LogP contribution in [0.15, 0.2) is 12.3 Å². The van der Waals surface area contributed by atoms with Gasteiger partial charge in [0.1, 0.15) is 5.69 Å². The third kappa shape index (κ3) is 1.75. The van der Waals surface area contributed by atoms with Crippen LogP contribution in [0.3, 0.4) is 0 Å². The van der Waals surface area contributed by atoms with Crippen molar-refractivity contribution < 1.29 is 14.7 Å². The number of hydrogen-bond acceptors (Lipinski definition) is 3. The van der Waals surface area contributed by atoms with Gasteiger partial charge in [-0.15, -0.1) is 0 Å². The number of hydrogen-bond donors (Lipinski definition) is 2. The van der Waals surface area contributed by atoms with E-state index in [-0.39, 0.29) is 18.0 Å². The number of nitrogens with zero attached hydrogens (tertiary/aromatic N) is 1. The van der Waals surface area contributed by atoms with E-state index < -0.39 is 5.97 Å². The van der Waals surface area contributed by atoms with Crippen LogP contribution < -0.4 is 5.73 Å². The fourth-order valence-corrected chi connectivity index (χ4v) is 1.05. The monoisotopic (exact) mass is 182 g/mol. The van der Waals surface area contributed by atoms with Crippen molar-refractivity contribution in [2.24, 2.45) is 12.8 Å². The predicted octanol–water partition coefficient (Wildman–Crippen LogP) is -0.135. The van der Waals surface area contributed by atoms with Gasteiger partial charge >= 0.3 is 5.97 Å². The second-order valence-electron chi connectivity index (χ2n) is 2.66. The number of carboxylic acids is 1. The molecule has 0 radical (unpaired) electrons. The average Bonchev–Trinajstić information content (AvgIpc) is 2.46. The van der Waals surface area contributed by atoms with E-state index in [4.69, 9.17) is 10.8 Å². The normalized spacial score (nSPS) is 10.0. The molecule has 1 aromatic rings. The van der Waals surface area contributed by atoms with E-state index in [9.17, 15) is 9.59 Å². The number of Topliss-reactive ketones (excluding diaryl/α,β-unsaturated/α-hetero) is 1. The molecule has 0 atom stereocenters. The van der Waals surface area contributed by atoms with Gasteiger partial charge in [0.15, 0.2) is 5.78 Å². The second-order valence-corrected chi connectivity index (χ2v) is 2.66. The first-order chi connectivity index (χ1) is 6.06. The van der Waals surface area contributed by atoms with Gasteiger partial charge in [-0.3, -0.25) is 4.79 Å². The Labute approximate surface area is 74.8 Å². The standard InChI is InChI=1S/C8H10N2O3/c1-10-4-5(7(11)3-9)2-6(10)8(12)13/h2,4H,3,9H2,1H3,(H,12,13). The lowest BCUT2D eigenvalue weighted by Crippen LogP contribution is -2.12. The van der Waals surface area contributed by atoms with Crippen LogP contribution in [0.4, 0.5) is 0 Å². The van der Waals surface area contributed by atoms with Gasteiger partial charge in [-0.25, -0.2) is 4.79 Å². The van der Waals surface area contributed by atoms with E-state index in [1.54, 1.807) is 7.05 Å². The molecule has 0 bridgehead atoms. The summed E-state index contributed by atoms with van der Waals surface area (Å²) in [6.07, 6.45) is 1.46. The predicted molar refractivity (Wildman–Crippen MR) is 45.8 cm³/mol. The van der Waals surface area contributed by atoms with Gasteiger partial charge in [0.25, 0.3) is 0 Å². The van der Waals surface area contributed by atoms with Gasteiger partial charge in [-0.1, -0.05) is 0 Å². The number of rotatable bonds is 3. The maximum absolute atomic E-state index is 11.1. The highest BCUT2D eigenvalue weighted by atomic mass is 16.4. The van der Waals surface area contributed by atoms with Crippen molar-refractivity contribution in [2.75, 3.05) is 6.54 Å². The van der Waals surface area contributed by atoms with Crippen LogP contribution >= 0.6 is 0 Å². The number of carbonyl (C=O) groups is 2. The minimum atomic E-state index is -1.06. The van der Waals surface area contributed by atoms with Gasteiger partial charge in [-0.05, 0) is 6.07 Å². The molecule has 0 saturated heterocycles. The zero-order valence-corrected chi connectivity index (χ0v) is 7.15. The van der Waals surface area contributed by atoms with Crippen molar-refractivity contribution in [2.45, 2.75) is 0 Å². The van der Waals surface area contributed by atoms with Crippen molar-refractivity contribution in [1.29, 1.82) is 0 Å². The van der Waals surface area contributed by atoms with Gasteiger partial charge in [0.2, 0.25) is 0 Å². The number of nitrogens with two attached hydrogens (primary N) is 1. The number of carbonyl (C=O) groups excluding carboxylic acids is 1. The van der Waals surface area contributed by atoms with E-state index in [0.29, 0.717) is 5.56 Å². The summed E-state index contributed by atoms with van der Waals surface area (Å²) in [6, 6.07) is 1.32. The summed E-state index contributed by atoms with van der Waals surface area (Å²) in [6.45, 7) is -0.108. The quantitative estimate of drug-likeness (QED) is 0.637. The van der Waals surface area contributed by atoms with Crippen LogP contribution in [0.1, 0.15) is 20.8 Å². The molecule has 0 amide bonds. The van der Waals surface area contributed by atoms with Crippen molar-refractivity contribution in [3.8, 4) is 0 Å². The molecule has 0 fully saturated rings. The number of ketones is 1. The number of aromatic nitrogens is 1. The topological polar surface area (TPSA) is 85.3 Å². The van der Waals surface area contributed by atoms with Gasteiger partial charge < -0.3 is 15.4 Å². The van der Waals surface area contributed by atoms with E-state index in [1.807, 2.05) is 0 Å². The minimum Gasteiger partial charge on any atom is -0.477 e. The molecule has 0 saturated carbocycles. The molecule has 3 N–H and O–H groups in total. The van der Waals surface area contributed by atoms with E-state index >= 15 is 0 Å². The van der Waals surface area contributed by atoms with E-state index in [1.165, 1.54) is 16.8 Å². The Morgan fingerprint density at radius 3 is 2.62 bits per heavy atom. The maximum atomic E-state index is 11.1. The van der Waals surface area contributed by atoms with Crippen LogP contribution in [0.5, 0.6) is 0 Å². The molecule has 0 aliphatic rings. The molecular weight excluding hydrogens is 172 g/mol. The molecule has 0 aromatic carbocycles. The third-order valence-corrected chi connectivity index (χ3v) is 1.73. The molecule has 0 aliphatic carbocycles. The fourth-order valence-electron chi connectivity index (χ4n) is 1.05. The largest absolute Gasteiger partial charge is 0.477 e. The van der Waals surface area contributed by atoms with Crippen molar-refractivity contribution in [3.63, 3.8) is 0 Å². The lowest BCUT2D eigenvalue weighted by molar-refractivity contribution is 0.0686. The van der Waals surface area contributed by atoms with Crippen LogP contribution in [-0.4, -0.2) is 28.0 Å². The number of carboxylic acid groups (broad SMARTS) is 1. The highest BCUT2D eigenvalue weighted by molar-refractivity contribution is 5.99. The van der Waals surface area contributed by atoms with E-state index in [0.717, 1.165) is 0 Å². The zero-order valence-electron chi connectivity index (χ0n) is 7.15. The van der Waals surface area contributed by atoms with Gasteiger partial charge in [0, 0.05) is 18.8 Å². The smallest absolute Gasteiger partial charge is 0.352 e. The summed E-state index contributed by atoms with van der Waals surface area (Å²) in [4.78, 5) is 21.7. The Kier molecular flexibility index (Phi) is 2.48. The first-order valence-electron chi connectivity index (χ1n) is 3.69.